The Morgan fingerprint density at radius 1 is 1.33 bits per heavy atom. The molecular weight excluding hydrogens is 203 g/mol. The Labute approximate surface area is 86.3 Å². The first kappa shape index (κ1) is 10.3. The first-order valence-electron chi connectivity index (χ1n) is 4.93. The van der Waals surface area contributed by atoms with Crippen LogP contribution in [-0.2, 0) is 6.18 Å². The zero-order valence-corrected chi connectivity index (χ0v) is 8.36. The monoisotopic (exact) mass is 215 g/mol. The molecule has 1 aromatic rings. The van der Waals surface area contributed by atoms with Gasteiger partial charge in [0.05, 0.1) is 5.56 Å². The first-order chi connectivity index (χ1) is 6.98. The van der Waals surface area contributed by atoms with E-state index in [-0.39, 0.29) is 5.92 Å². The van der Waals surface area contributed by atoms with Crippen molar-refractivity contribution in [3.63, 3.8) is 0 Å². The largest absolute Gasteiger partial charge is 0.416 e. The van der Waals surface area contributed by atoms with Gasteiger partial charge in [0.25, 0.3) is 0 Å². The smallest absolute Gasteiger partial charge is 0.385 e. The zero-order valence-electron chi connectivity index (χ0n) is 8.36. The number of halogens is 3. The molecular formula is C11H12F3N. The van der Waals surface area contributed by atoms with Crippen molar-refractivity contribution in [2.45, 2.75) is 25.4 Å². The number of anilines is 1. The van der Waals surface area contributed by atoms with Gasteiger partial charge < -0.3 is 5.32 Å². The lowest BCUT2D eigenvalue weighted by Crippen LogP contribution is -2.16. The number of hydrogen-bond acceptors (Lipinski definition) is 1. The van der Waals surface area contributed by atoms with Crippen molar-refractivity contribution in [1.29, 1.82) is 0 Å². The van der Waals surface area contributed by atoms with Gasteiger partial charge in [-0.25, -0.2) is 0 Å². The molecule has 0 aromatic heterocycles. The van der Waals surface area contributed by atoms with E-state index in [9.17, 15) is 13.2 Å². The first-order valence-corrected chi connectivity index (χ1v) is 4.93. The van der Waals surface area contributed by atoms with Gasteiger partial charge in [-0.15, -0.1) is 0 Å². The number of benzene rings is 1. The molecule has 0 bridgehead atoms. The van der Waals surface area contributed by atoms with Crippen LogP contribution in [0.25, 0.3) is 0 Å². The summed E-state index contributed by atoms with van der Waals surface area (Å²) < 4.78 is 37.4. The molecule has 0 amide bonds. The number of alkyl halides is 3. The van der Waals surface area contributed by atoms with E-state index in [1.807, 2.05) is 6.92 Å². The van der Waals surface area contributed by atoms with Crippen LogP contribution in [0, 0.1) is 0 Å². The Morgan fingerprint density at radius 3 is 2.73 bits per heavy atom. The summed E-state index contributed by atoms with van der Waals surface area (Å²) >= 11 is 0. The summed E-state index contributed by atoms with van der Waals surface area (Å²) in [6.07, 6.45) is -3.36. The molecule has 0 aliphatic carbocycles. The summed E-state index contributed by atoms with van der Waals surface area (Å²) in [4.78, 5) is 0. The SMILES string of the molecule is C[C@@H]1CCNc2ccc(C(F)(F)F)cc21. The number of hydrogen-bond donors (Lipinski definition) is 1. The fourth-order valence-corrected chi connectivity index (χ4v) is 1.89. The van der Waals surface area contributed by atoms with E-state index >= 15 is 0 Å². The van der Waals surface area contributed by atoms with Crippen molar-refractivity contribution in [2.24, 2.45) is 0 Å². The fourth-order valence-electron chi connectivity index (χ4n) is 1.89. The molecule has 1 aliphatic heterocycles. The van der Waals surface area contributed by atoms with Crippen LogP contribution < -0.4 is 5.32 Å². The van der Waals surface area contributed by atoms with E-state index in [1.165, 1.54) is 12.1 Å². The molecule has 1 N–H and O–H groups in total. The fraction of sp³-hybridized carbons (Fsp3) is 0.455. The highest BCUT2D eigenvalue weighted by Crippen LogP contribution is 2.36. The molecule has 0 fully saturated rings. The van der Waals surface area contributed by atoms with Gasteiger partial charge in [0.2, 0.25) is 0 Å². The molecule has 1 nitrogen and oxygen atoms in total. The lowest BCUT2D eigenvalue weighted by molar-refractivity contribution is -0.137. The van der Waals surface area contributed by atoms with Crippen LogP contribution in [-0.4, -0.2) is 6.54 Å². The van der Waals surface area contributed by atoms with E-state index in [0.717, 1.165) is 30.3 Å². The van der Waals surface area contributed by atoms with Crippen molar-refractivity contribution in [3.8, 4) is 0 Å². The highest BCUT2D eigenvalue weighted by Gasteiger charge is 2.31. The van der Waals surface area contributed by atoms with Gasteiger partial charge in [-0.05, 0) is 36.1 Å². The van der Waals surface area contributed by atoms with E-state index in [4.69, 9.17) is 0 Å². The topological polar surface area (TPSA) is 12.0 Å². The van der Waals surface area contributed by atoms with Gasteiger partial charge in [-0.3, -0.25) is 0 Å². The van der Waals surface area contributed by atoms with Crippen molar-refractivity contribution < 1.29 is 13.2 Å². The lowest BCUT2D eigenvalue weighted by Gasteiger charge is -2.24. The molecule has 1 heterocycles. The molecule has 4 heteroatoms. The summed E-state index contributed by atoms with van der Waals surface area (Å²) in [5.74, 6) is 0.198. The molecule has 15 heavy (non-hydrogen) atoms. The highest BCUT2D eigenvalue weighted by molar-refractivity contribution is 5.56. The standard InChI is InChI=1S/C11H12F3N/c1-7-4-5-15-10-3-2-8(6-9(7)10)11(12,13)14/h2-3,6-7,15H,4-5H2,1H3/t7-/m1/s1. The second-order valence-electron chi connectivity index (χ2n) is 3.92. The van der Waals surface area contributed by atoms with Gasteiger partial charge in [0.15, 0.2) is 0 Å². The minimum Gasteiger partial charge on any atom is -0.385 e. The van der Waals surface area contributed by atoms with Gasteiger partial charge >= 0.3 is 6.18 Å². The normalized spacial score (nSPS) is 20.7. The summed E-state index contributed by atoms with van der Waals surface area (Å²) in [5, 5.41) is 3.10. The van der Waals surface area contributed by atoms with Crippen LogP contribution in [0.1, 0.15) is 30.4 Å². The van der Waals surface area contributed by atoms with Crippen molar-refractivity contribution in [3.05, 3.63) is 29.3 Å². The van der Waals surface area contributed by atoms with Gasteiger partial charge in [-0.2, -0.15) is 13.2 Å². The molecule has 0 saturated carbocycles. The predicted octanol–water partition coefficient (Wildman–Crippen LogP) is 3.62. The van der Waals surface area contributed by atoms with Gasteiger partial charge in [0, 0.05) is 12.2 Å². The van der Waals surface area contributed by atoms with Crippen LogP contribution in [0.3, 0.4) is 0 Å². The summed E-state index contributed by atoms with van der Waals surface area (Å²) in [5.41, 5.74) is 1.05. The zero-order chi connectivity index (χ0) is 11.1. The second-order valence-corrected chi connectivity index (χ2v) is 3.92. The third kappa shape index (κ3) is 1.94. The van der Waals surface area contributed by atoms with Gasteiger partial charge in [0.1, 0.15) is 0 Å². The van der Waals surface area contributed by atoms with Crippen molar-refractivity contribution in [2.75, 3.05) is 11.9 Å². The summed E-state index contributed by atoms with van der Waals surface area (Å²) in [7, 11) is 0. The van der Waals surface area contributed by atoms with E-state index < -0.39 is 11.7 Å². The lowest BCUT2D eigenvalue weighted by atomic mass is 9.91. The maximum atomic E-state index is 12.5. The quantitative estimate of drug-likeness (QED) is 0.696. The predicted molar refractivity (Wildman–Crippen MR) is 53.0 cm³/mol. The Bertz CT molecular complexity index is 371. The molecule has 0 unspecified atom stereocenters. The Morgan fingerprint density at radius 2 is 2.07 bits per heavy atom. The second kappa shape index (κ2) is 3.43. The van der Waals surface area contributed by atoms with Crippen molar-refractivity contribution in [1.82, 2.24) is 0 Å². The maximum absolute atomic E-state index is 12.5. The van der Waals surface area contributed by atoms with Crippen LogP contribution in [0.2, 0.25) is 0 Å². The van der Waals surface area contributed by atoms with Crippen LogP contribution in [0.15, 0.2) is 18.2 Å². The Balaban J connectivity index is 2.44. The minimum atomic E-state index is -4.24. The Kier molecular flexibility index (Phi) is 2.37. The third-order valence-electron chi connectivity index (χ3n) is 2.80. The molecule has 82 valence electrons. The molecule has 2 rings (SSSR count). The average molecular weight is 215 g/mol. The summed E-state index contributed by atoms with van der Waals surface area (Å²) in [6, 6.07) is 3.91. The highest BCUT2D eigenvalue weighted by atomic mass is 19.4. The van der Waals surface area contributed by atoms with Gasteiger partial charge in [-0.1, -0.05) is 6.92 Å². The minimum absolute atomic E-state index is 0.198. The number of rotatable bonds is 0. The molecule has 0 spiro atoms. The van der Waals surface area contributed by atoms with Crippen molar-refractivity contribution >= 4 is 5.69 Å². The van der Waals surface area contributed by atoms with Crippen LogP contribution in [0.5, 0.6) is 0 Å². The molecule has 1 aliphatic rings. The molecule has 1 atom stereocenters. The van der Waals surface area contributed by atoms with E-state index in [1.54, 1.807) is 0 Å². The molecule has 1 aromatic carbocycles. The third-order valence-corrected chi connectivity index (χ3v) is 2.80. The van der Waals surface area contributed by atoms with E-state index in [0.29, 0.717) is 0 Å². The van der Waals surface area contributed by atoms with Crippen LogP contribution >= 0.6 is 0 Å². The number of nitrogens with one attached hydrogen (secondary N) is 1. The molecule has 0 radical (unpaired) electrons. The molecule has 0 saturated heterocycles. The van der Waals surface area contributed by atoms with E-state index in [2.05, 4.69) is 5.32 Å². The Hall–Kier alpha value is -1.19. The van der Waals surface area contributed by atoms with Crippen LogP contribution in [0.4, 0.5) is 18.9 Å². The summed E-state index contributed by atoms with van der Waals surface area (Å²) in [6.45, 7) is 2.79. The average Bonchev–Trinajstić information content (AvgIpc) is 2.16. The number of fused-ring (bicyclic) bond motifs is 1. The maximum Gasteiger partial charge on any atom is 0.416 e.